The lowest BCUT2D eigenvalue weighted by molar-refractivity contribution is 0.698. The number of hydrogen-bond donors (Lipinski definition) is 1. The van der Waals surface area contributed by atoms with E-state index >= 15 is 0 Å². The summed E-state index contributed by atoms with van der Waals surface area (Å²) in [4.78, 5) is 5.41. The molecule has 1 N–H and O–H groups in total. The Balaban J connectivity index is 0.00000128. The molecule has 2 aromatic heterocycles. The van der Waals surface area contributed by atoms with Crippen molar-refractivity contribution in [3.8, 4) is 0 Å². The normalized spacial score (nSPS) is 9.24. The number of aromatic nitrogens is 1. The van der Waals surface area contributed by atoms with Crippen LogP contribution >= 0.6 is 36.2 Å². The maximum absolute atomic E-state index is 3.99. The van der Waals surface area contributed by atoms with Crippen molar-refractivity contribution in [2.24, 2.45) is 0 Å². The third-order valence-electron chi connectivity index (χ3n) is 2.33. The minimum atomic E-state index is 0. The van der Waals surface area contributed by atoms with Crippen molar-refractivity contribution in [1.29, 1.82) is 0 Å². The topological polar surface area (TPSA) is 24.9 Å². The van der Waals surface area contributed by atoms with Crippen LogP contribution in [0, 0.1) is 6.92 Å². The Morgan fingerprint density at radius 3 is 2.41 bits per heavy atom. The summed E-state index contributed by atoms with van der Waals surface area (Å²) in [5, 5.41) is 5.57. The highest BCUT2D eigenvalue weighted by Crippen LogP contribution is 2.14. The van der Waals surface area contributed by atoms with Gasteiger partial charge in [0.05, 0.1) is 0 Å². The van der Waals surface area contributed by atoms with E-state index in [9.17, 15) is 0 Å². The summed E-state index contributed by atoms with van der Waals surface area (Å²) in [6, 6.07) is 6.23. The summed E-state index contributed by atoms with van der Waals surface area (Å²) in [5.74, 6) is 0. The van der Waals surface area contributed by atoms with Crippen molar-refractivity contribution in [3.05, 3.63) is 52.0 Å². The first-order valence-corrected chi connectivity index (χ1v) is 5.87. The molecule has 2 rings (SSSR count). The third-order valence-corrected chi connectivity index (χ3v) is 3.36. The zero-order chi connectivity index (χ0) is 10.5. The van der Waals surface area contributed by atoms with Gasteiger partial charge in [-0.3, -0.25) is 4.98 Å². The first kappa shape index (κ1) is 16.4. The fourth-order valence-electron chi connectivity index (χ4n) is 1.41. The first-order valence-electron chi connectivity index (χ1n) is 4.99. The molecule has 0 aromatic carbocycles. The summed E-state index contributed by atoms with van der Waals surface area (Å²) in [6.07, 6.45) is 3.65. The fourth-order valence-corrected chi connectivity index (χ4v) is 2.28. The van der Waals surface area contributed by atoms with Crippen LogP contribution in [0.5, 0.6) is 0 Å². The molecule has 94 valence electrons. The van der Waals surface area contributed by atoms with Crippen molar-refractivity contribution in [1.82, 2.24) is 10.3 Å². The van der Waals surface area contributed by atoms with E-state index in [1.165, 1.54) is 16.0 Å². The van der Waals surface area contributed by atoms with Crippen LogP contribution < -0.4 is 5.32 Å². The maximum Gasteiger partial charge on any atom is 0.0305 e. The van der Waals surface area contributed by atoms with Crippen molar-refractivity contribution < 1.29 is 0 Å². The van der Waals surface area contributed by atoms with Crippen LogP contribution in [0.3, 0.4) is 0 Å². The van der Waals surface area contributed by atoms with Gasteiger partial charge in [-0.05, 0) is 41.6 Å². The number of aryl methyl sites for hydroxylation is 1. The molecule has 0 aliphatic rings. The minimum absolute atomic E-state index is 0. The molecule has 0 radical (unpaired) electrons. The molecule has 0 bridgehead atoms. The molecule has 0 saturated heterocycles. The third kappa shape index (κ3) is 5.04. The van der Waals surface area contributed by atoms with Gasteiger partial charge in [0.25, 0.3) is 0 Å². The quantitative estimate of drug-likeness (QED) is 0.931. The Morgan fingerprint density at radius 2 is 1.82 bits per heavy atom. The van der Waals surface area contributed by atoms with Crippen LogP contribution in [0.2, 0.25) is 0 Å². The van der Waals surface area contributed by atoms with Crippen LogP contribution in [0.4, 0.5) is 0 Å². The average Bonchev–Trinajstić information content (AvgIpc) is 2.66. The Morgan fingerprint density at radius 1 is 1.12 bits per heavy atom. The number of rotatable bonds is 4. The SMILES string of the molecule is Cc1ccsc1CNCc1ccncc1.Cl.Cl. The monoisotopic (exact) mass is 290 g/mol. The summed E-state index contributed by atoms with van der Waals surface area (Å²) in [5.41, 5.74) is 2.65. The lowest BCUT2D eigenvalue weighted by atomic mass is 10.2. The fraction of sp³-hybridized carbons (Fsp3) is 0.250. The van der Waals surface area contributed by atoms with E-state index < -0.39 is 0 Å². The maximum atomic E-state index is 3.99. The molecule has 0 spiro atoms. The molecule has 5 heteroatoms. The van der Waals surface area contributed by atoms with Gasteiger partial charge in [-0.15, -0.1) is 36.2 Å². The molecule has 17 heavy (non-hydrogen) atoms. The van der Waals surface area contributed by atoms with Gasteiger partial charge in [0.1, 0.15) is 0 Å². The molecule has 0 aliphatic carbocycles. The molecule has 0 aliphatic heterocycles. The van der Waals surface area contributed by atoms with Crippen molar-refractivity contribution in [2.45, 2.75) is 20.0 Å². The van der Waals surface area contributed by atoms with Crippen LogP contribution in [0.25, 0.3) is 0 Å². The summed E-state index contributed by atoms with van der Waals surface area (Å²) in [6.45, 7) is 4.01. The van der Waals surface area contributed by atoms with Crippen LogP contribution in [0.15, 0.2) is 36.0 Å². The van der Waals surface area contributed by atoms with Crippen molar-refractivity contribution in [2.75, 3.05) is 0 Å². The minimum Gasteiger partial charge on any atom is -0.308 e. The zero-order valence-corrected chi connectivity index (χ0v) is 12.0. The van der Waals surface area contributed by atoms with E-state index in [1.54, 1.807) is 0 Å². The van der Waals surface area contributed by atoms with E-state index in [0.29, 0.717) is 0 Å². The van der Waals surface area contributed by atoms with Crippen LogP contribution in [-0.2, 0) is 13.1 Å². The number of hydrogen-bond acceptors (Lipinski definition) is 3. The Kier molecular flexibility index (Phi) is 8.17. The predicted molar refractivity (Wildman–Crippen MR) is 78.3 cm³/mol. The van der Waals surface area contributed by atoms with E-state index in [1.807, 2.05) is 35.9 Å². The second-order valence-corrected chi connectivity index (χ2v) is 4.49. The lowest BCUT2D eigenvalue weighted by Gasteiger charge is -2.03. The van der Waals surface area contributed by atoms with Gasteiger partial charge in [-0.25, -0.2) is 0 Å². The number of pyridine rings is 1. The molecule has 0 unspecified atom stereocenters. The molecule has 2 nitrogen and oxygen atoms in total. The van der Waals surface area contributed by atoms with E-state index in [0.717, 1.165) is 13.1 Å². The second-order valence-electron chi connectivity index (χ2n) is 3.49. The van der Waals surface area contributed by atoms with E-state index in [4.69, 9.17) is 0 Å². The van der Waals surface area contributed by atoms with Crippen LogP contribution in [0.1, 0.15) is 16.0 Å². The van der Waals surface area contributed by atoms with E-state index in [2.05, 4.69) is 28.7 Å². The highest BCUT2D eigenvalue weighted by atomic mass is 35.5. The van der Waals surface area contributed by atoms with Gasteiger partial charge in [0, 0.05) is 30.4 Å². The van der Waals surface area contributed by atoms with Gasteiger partial charge in [0.2, 0.25) is 0 Å². The smallest absolute Gasteiger partial charge is 0.0305 e. The second kappa shape index (κ2) is 8.48. The largest absolute Gasteiger partial charge is 0.308 e. The van der Waals surface area contributed by atoms with Crippen LogP contribution in [-0.4, -0.2) is 4.98 Å². The van der Waals surface area contributed by atoms with Gasteiger partial charge < -0.3 is 5.32 Å². The number of nitrogens with one attached hydrogen (secondary N) is 1. The molecular formula is C12H16Cl2N2S. The van der Waals surface area contributed by atoms with E-state index in [-0.39, 0.29) is 24.8 Å². The predicted octanol–water partition coefficient (Wildman–Crippen LogP) is 3.58. The van der Waals surface area contributed by atoms with Gasteiger partial charge >= 0.3 is 0 Å². The molecule has 0 atom stereocenters. The average molecular weight is 291 g/mol. The Bertz CT molecular complexity index is 417. The molecule has 2 heterocycles. The lowest BCUT2D eigenvalue weighted by Crippen LogP contribution is -2.12. The number of halogens is 2. The van der Waals surface area contributed by atoms with Crippen molar-refractivity contribution >= 4 is 36.2 Å². The molecular weight excluding hydrogens is 275 g/mol. The Hall–Kier alpha value is -0.610. The summed E-state index contributed by atoms with van der Waals surface area (Å²) in [7, 11) is 0. The highest BCUT2D eigenvalue weighted by Gasteiger charge is 1.98. The summed E-state index contributed by atoms with van der Waals surface area (Å²) >= 11 is 1.81. The van der Waals surface area contributed by atoms with Gasteiger partial charge in [-0.2, -0.15) is 0 Å². The highest BCUT2D eigenvalue weighted by molar-refractivity contribution is 7.10. The summed E-state index contributed by atoms with van der Waals surface area (Å²) < 4.78 is 0. The Labute approximate surface area is 118 Å². The molecule has 0 amide bonds. The van der Waals surface area contributed by atoms with Crippen molar-refractivity contribution in [3.63, 3.8) is 0 Å². The standard InChI is InChI=1S/C12H14N2S.2ClH/c1-10-4-7-15-12(10)9-14-8-11-2-5-13-6-3-11;;/h2-7,14H,8-9H2,1H3;2*1H. The molecule has 2 aromatic rings. The number of nitrogens with zero attached hydrogens (tertiary/aromatic N) is 1. The van der Waals surface area contributed by atoms with Gasteiger partial charge in [0.15, 0.2) is 0 Å². The molecule has 0 fully saturated rings. The van der Waals surface area contributed by atoms with Gasteiger partial charge in [-0.1, -0.05) is 0 Å². The zero-order valence-electron chi connectivity index (χ0n) is 9.55. The first-order chi connectivity index (χ1) is 7.36. The molecule has 0 saturated carbocycles. The number of thiophene rings is 1.